The zero-order valence-corrected chi connectivity index (χ0v) is 11.2. The van der Waals surface area contributed by atoms with Crippen molar-refractivity contribution in [2.45, 2.75) is 36.2 Å². The number of esters is 1. The van der Waals surface area contributed by atoms with Crippen LogP contribution in [0.1, 0.15) is 25.8 Å². The molecule has 1 aliphatic rings. The van der Waals surface area contributed by atoms with Crippen LogP contribution in [0, 0.1) is 0 Å². The van der Waals surface area contributed by atoms with E-state index in [0.29, 0.717) is 5.16 Å². The van der Waals surface area contributed by atoms with Crippen molar-refractivity contribution in [2.24, 2.45) is 0 Å². The third-order valence-corrected chi connectivity index (χ3v) is 3.84. The molecule has 2 rings (SSSR count). The molecule has 0 bridgehead atoms. The number of methoxy groups -OCH3 is 1. The number of tetrazole rings is 1. The van der Waals surface area contributed by atoms with Crippen LogP contribution >= 0.6 is 11.8 Å². The Bertz CT molecular complexity index is 406. The van der Waals surface area contributed by atoms with E-state index in [1.165, 1.54) is 18.9 Å². The molecule has 0 unspecified atom stereocenters. The van der Waals surface area contributed by atoms with Crippen LogP contribution in [0.4, 0.5) is 0 Å². The van der Waals surface area contributed by atoms with Crippen LogP contribution in [0.2, 0.25) is 0 Å². The highest BCUT2D eigenvalue weighted by Crippen LogP contribution is 2.27. The second-order valence-electron chi connectivity index (χ2n) is 4.03. The molecule has 0 radical (unpaired) electrons. The predicted octanol–water partition coefficient (Wildman–Crippen LogP) is 0.678. The van der Waals surface area contributed by atoms with Gasteiger partial charge < -0.3 is 9.47 Å². The summed E-state index contributed by atoms with van der Waals surface area (Å²) in [7, 11) is 1.38. The Balaban J connectivity index is 2.05. The zero-order valence-electron chi connectivity index (χ0n) is 10.4. The number of ether oxygens (including phenoxy) is 2. The van der Waals surface area contributed by atoms with Crippen molar-refractivity contribution in [1.29, 1.82) is 0 Å². The fraction of sp³-hybridized carbons (Fsp3) is 0.800. The Morgan fingerprint density at radius 1 is 1.56 bits per heavy atom. The van der Waals surface area contributed by atoms with Crippen LogP contribution in [0.15, 0.2) is 5.16 Å². The molecule has 1 saturated heterocycles. The number of rotatable bonds is 4. The lowest BCUT2D eigenvalue weighted by Gasteiger charge is -2.22. The molecule has 7 nitrogen and oxygen atoms in total. The predicted molar refractivity (Wildman–Crippen MR) is 64.2 cm³/mol. The molecule has 100 valence electrons. The highest BCUT2D eigenvalue weighted by molar-refractivity contribution is 8.00. The number of carbonyl (C=O) groups excluding carboxylic acids is 1. The first-order chi connectivity index (χ1) is 8.72. The maximum atomic E-state index is 11.4. The molecule has 2 heterocycles. The van der Waals surface area contributed by atoms with Gasteiger partial charge in [-0.15, -0.1) is 5.10 Å². The van der Waals surface area contributed by atoms with Crippen molar-refractivity contribution < 1.29 is 14.3 Å². The van der Waals surface area contributed by atoms with Crippen molar-refractivity contribution in [3.05, 3.63) is 0 Å². The van der Waals surface area contributed by atoms with E-state index in [9.17, 15) is 4.79 Å². The topological polar surface area (TPSA) is 79.1 Å². The van der Waals surface area contributed by atoms with Gasteiger partial charge in [0.05, 0.1) is 13.2 Å². The van der Waals surface area contributed by atoms with Gasteiger partial charge in [0, 0.05) is 13.2 Å². The summed E-state index contributed by atoms with van der Waals surface area (Å²) < 4.78 is 11.8. The summed E-state index contributed by atoms with van der Waals surface area (Å²) in [4.78, 5) is 11.4. The summed E-state index contributed by atoms with van der Waals surface area (Å²) in [6.45, 7) is 3.22. The number of aromatic nitrogens is 4. The molecule has 1 atom stereocenters. The van der Waals surface area contributed by atoms with E-state index < -0.39 is 0 Å². The summed E-state index contributed by atoms with van der Waals surface area (Å²) in [5.74, 6) is -0.276. The molecular weight excluding hydrogens is 256 g/mol. The summed E-state index contributed by atoms with van der Waals surface area (Å²) >= 11 is 1.31. The lowest BCUT2D eigenvalue weighted by atomic mass is 10.1. The molecular formula is C10H16N4O3S. The van der Waals surface area contributed by atoms with E-state index in [1.807, 2.05) is 0 Å². The van der Waals surface area contributed by atoms with Crippen molar-refractivity contribution in [3.63, 3.8) is 0 Å². The Morgan fingerprint density at radius 3 is 2.94 bits per heavy atom. The van der Waals surface area contributed by atoms with Gasteiger partial charge in [-0.3, -0.25) is 4.79 Å². The highest BCUT2D eigenvalue weighted by atomic mass is 32.2. The fourth-order valence-corrected chi connectivity index (χ4v) is 2.68. The van der Waals surface area contributed by atoms with Crippen LogP contribution in [0.5, 0.6) is 0 Å². The molecule has 1 fully saturated rings. The molecule has 1 aromatic heterocycles. The summed E-state index contributed by atoms with van der Waals surface area (Å²) in [5, 5.41) is 12.0. The van der Waals surface area contributed by atoms with Crippen LogP contribution in [-0.4, -0.2) is 51.8 Å². The van der Waals surface area contributed by atoms with E-state index in [1.54, 1.807) is 11.6 Å². The van der Waals surface area contributed by atoms with Gasteiger partial charge in [0.15, 0.2) is 0 Å². The molecule has 0 amide bonds. The molecule has 1 aliphatic heterocycles. The van der Waals surface area contributed by atoms with E-state index >= 15 is 0 Å². The third kappa shape index (κ3) is 2.99. The first kappa shape index (κ1) is 13.3. The van der Waals surface area contributed by atoms with Crippen LogP contribution in [0.25, 0.3) is 0 Å². The molecule has 18 heavy (non-hydrogen) atoms. The smallest absolute Gasteiger partial charge is 0.318 e. The Kier molecular flexibility index (Phi) is 4.54. The average Bonchev–Trinajstić information content (AvgIpc) is 2.86. The monoisotopic (exact) mass is 272 g/mol. The lowest BCUT2D eigenvalue weighted by Crippen LogP contribution is -2.22. The van der Waals surface area contributed by atoms with E-state index in [-0.39, 0.29) is 17.3 Å². The molecule has 1 aromatic rings. The number of nitrogens with zero attached hydrogens (tertiary/aromatic N) is 4. The van der Waals surface area contributed by atoms with Crippen LogP contribution < -0.4 is 0 Å². The van der Waals surface area contributed by atoms with E-state index in [0.717, 1.165) is 26.1 Å². The lowest BCUT2D eigenvalue weighted by molar-refractivity contribution is -0.139. The van der Waals surface area contributed by atoms with Gasteiger partial charge in [-0.2, -0.15) is 0 Å². The van der Waals surface area contributed by atoms with Gasteiger partial charge in [0.1, 0.15) is 5.25 Å². The highest BCUT2D eigenvalue weighted by Gasteiger charge is 2.24. The number of hydrogen-bond acceptors (Lipinski definition) is 7. The third-order valence-electron chi connectivity index (χ3n) is 2.81. The maximum absolute atomic E-state index is 11.4. The van der Waals surface area contributed by atoms with E-state index in [2.05, 4.69) is 20.3 Å². The Morgan fingerprint density at radius 2 is 2.28 bits per heavy atom. The first-order valence-corrected chi connectivity index (χ1v) is 6.70. The SMILES string of the molecule is COC(=O)[C@H](C)Sc1nnnn1C1CCOCC1. The largest absolute Gasteiger partial charge is 0.468 e. The first-order valence-electron chi connectivity index (χ1n) is 5.82. The fourth-order valence-electron chi connectivity index (χ4n) is 1.79. The Labute approximate surface area is 109 Å². The Hall–Kier alpha value is -1.15. The number of hydrogen-bond donors (Lipinski definition) is 0. The van der Waals surface area contributed by atoms with Gasteiger partial charge >= 0.3 is 5.97 Å². The van der Waals surface area contributed by atoms with Crippen molar-refractivity contribution in [2.75, 3.05) is 20.3 Å². The quantitative estimate of drug-likeness (QED) is 0.589. The van der Waals surface area contributed by atoms with Gasteiger partial charge in [-0.1, -0.05) is 11.8 Å². The van der Waals surface area contributed by atoms with Crippen LogP contribution in [-0.2, 0) is 14.3 Å². The molecule has 0 aliphatic carbocycles. The molecule has 0 N–H and O–H groups in total. The molecule has 0 aromatic carbocycles. The zero-order chi connectivity index (χ0) is 13.0. The van der Waals surface area contributed by atoms with Crippen molar-refractivity contribution in [3.8, 4) is 0 Å². The minimum atomic E-state index is -0.320. The van der Waals surface area contributed by atoms with Crippen LogP contribution in [0.3, 0.4) is 0 Å². The normalized spacial score (nSPS) is 18.6. The molecule has 0 saturated carbocycles. The summed E-state index contributed by atoms with van der Waals surface area (Å²) in [6, 6.07) is 0.251. The summed E-state index contributed by atoms with van der Waals surface area (Å²) in [5.41, 5.74) is 0. The summed E-state index contributed by atoms with van der Waals surface area (Å²) in [6.07, 6.45) is 1.79. The second-order valence-corrected chi connectivity index (χ2v) is 5.34. The number of thioether (sulfide) groups is 1. The second kappa shape index (κ2) is 6.14. The molecule has 8 heteroatoms. The van der Waals surface area contributed by atoms with E-state index in [4.69, 9.17) is 4.74 Å². The molecule has 0 spiro atoms. The van der Waals surface area contributed by atoms with Crippen molar-refractivity contribution in [1.82, 2.24) is 20.2 Å². The van der Waals surface area contributed by atoms with Gasteiger partial charge in [0.2, 0.25) is 5.16 Å². The standard InChI is InChI=1S/C10H16N4O3S/c1-7(9(15)16-2)18-10-11-12-13-14(10)8-3-5-17-6-4-8/h7-8H,3-6H2,1-2H3/t7-/m0/s1. The average molecular weight is 272 g/mol. The van der Waals surface area contributed by atoms with Gasteiger partial charge in [-0.05, 0) is 30.2 Å². The minimum absolute atomic E-state index is 0.251. The van der Waals surface area contributed by atoms with Crippen molar-refractivity contribution >= 4 is 17.7 Å². The number of carbonyl (C=O) groups is 1. The van der Waals surface area contributed by atoms with Gasteiger partial charge in [0.25, 0.3) is 0 Å². The van der Waals surface area contributed by atoms with Gasteiger partial charge in [-0.25, -0.2) is 4.68 Å². The maximum Gasteiger partial charge on any atom is 0.318 e. The minimum Gasteiger partial charge on any atom is -0.468 e.